The van der Waals surface area contributed by atoms with Crippen LogP contribution in [-0.4, -0.2) is 36.9 Å². The van der Waals surface area contributed by atoms with E-state index in [9.17, 15) is 5.11 Å². The standard InChI is InChI=1S/C21H26N6O2S/c1-12-24-18(23-10-20-27-26-13(2)30-20)8-19(25-12)29-11-14-7-16(14)17-6-5-15(9-22-17)21(3,4)28/h5-6,8-9,14,16,28H,7,10-11H2,1-4H3,(H,23,24,25)/t14-,16?/m0/s1. The number of ether oxygens (including phenoxy) is 1. The van der Waals surface area contributed by atoms with Crippen LogP contribution in [0.4, 0.5) is 5.82 Å². The minimum Gasteiger partial charge on any atom is -0.477 e. The molecule has 158 valence electrons. The van der Waals surface area contributed by atoms with Crippen molar-refractivity contribution in [3.63, 3.8) is 0 Å². The maximum absolute atomic E-state index is 10.1. The molecule has 0 aromatic carbocycles. The predicted molar refractivity (Wildman–Crippen MR) is 115 cm³/mol. The van der Waals surface area contributed by atoms with Crippen molar-refractivity contribution in [3.8, 4) is 5.88 Å². The summed E-state index contributed by atoms with van der Waals surface area (Å²) in [5.41, 5.74) is 0.994. The second-order valence-electron chi connectivity index (χ2n) is 8.15. The van der Waals surface area contributed by atoms with Gasteiger partial charge in [0.25, 0.3) is 0 Å². The van der Waals surface area contributed by atoms with Gasteiger partial charge in [0.1, 0.15) is 21.7 Å². The van der Waals surface area contributed by atoms with Crippen LogP contribution in [0.25, 0.3) is 0 Å². The van der Waals surface area contributed by atoms with Gasteiger partial charge in [0.05, 0.1) is 18.8 Å². The Kier molecular flexibility index (Phi) is 5.66. The fourth-order valence-electron chi connectivity index (χ4n) is 3.25. The molecule has 1 unspecified atom stereocenters. The van der Waals surface area contributed by atoms with Crippen LogP contribution in [0.1, 0.15) is 53.3 Å². The van der Waals surface area contributed by atoms with Gasteiger partial charge >= 0.3 is 0 Å². The molecule has 3 aromatic heterocycles. The minimum absolute atomic E-state index is 0.391. The van der Waals surface area contributed by atoms with Crippen molar-refractivity contribution in [2.75, 3.05) is 11.9 Å². The van der Waals surface area contributed by atoms with Gasteiger partial charge in [0, 0.05) is 35.4 Å². The number of hydrogen-bond donors (Lipinski definition) is 2. The first-order valence-corrected chi connectivity index (χ1v) is 10.8. The maximum atomic E-state index is 10.1. The van der Waals surface area contributed by atoms with Crippen LogP contribution < -0.4 is 10.1 Å². The Morgan fingerprint density at radius 1 is 1.23 bits per heavy atom. The van der Waals surface area contributed by atoms with Crippen molar-refractivity contribution in [3.05, 3.63) is 51.5 Å². The van der Waals surface area contributed by atoms with Crippen LogP contribution in [0.5, 0.6) is 5.88 Å². The number of nitrogens with one attached hydrogen (secondary N) is 1. The molecular formula is C21H26N6O2S. The van der Waals surface area contributed by atoms with E-state index in [0.717, 1.165) is 27.7 Å². The molecule has 1 fully saturated rings. The molecule has 8 nitrogen and oxygen atoms in total. The Morgan fingerprint density at radius 3 is 2.73 bits per heavy atom. The molecule has 1 saturated carbocycles. The fraction of sp³-hybridized carbons (Fsp3) is 0.476. The Balaban J connectivity index is 1.31. The minimum atomic E-state index is -0.872. The van der Waals surface area contributed by atoms with E-state index in [1.54, 1.807) is 31.4 Å². The van der Waals surface area contributed by atoms with Gasteiger partial charge in [-0.25, -0.2) is 4.98 Å². The molecule has 2 atom stereocenters. The number of rotatable bonds is 8. The van der Waals surface area contributed by atoms with Gasteiger partial charge in [-0.15, -0.1) is 10.2 Å². The van der Waals surface area contributed by atoms with Gasteiger partial charge in [0.2, 0.25) is 5.88 Å². The molecule has 0 radical (unpaired) electrons. The van der Waals surface area contributed by atoms with E-state index >= 15 is 0 Å². The summed E-state index contributed by atoms with van der Waals surface area (Å²) in [6.45, 7) is 8.47. The van der Waals surface area contributed by atoms with Crippen molar-refractivity contribution in [1.82, 2.24) is 25.1 Å². The highest BCUT2D eigenvalue weighted by atomic mass is 32.1. The molecule has 30 heavy (non-hydrogen) atoms. The summed E-state index contributed by atoms with van der Waals surface area (Å²) in [6.07, 6.45) is 2.80. The van der Waals surface area contributed by atoms with Gasteiger partial charge in [0.15, 0.2) is 0 Å². The normalized spacial score (nSPS) is 18.3. The van der Waals surface area contributed by atoms with E-state index < -0.39 is 5.60 Å². The number of aromatic nitrogens is 5. The molecule has 1 aliphatic rings. The second kappa shape index (κ2) is 8.23. The average Bonchev–Trinajstić information content (AvgIpc) is 3.36. The molecule has 0 aliphatic heterocycles. The molecule has 0 spiro atoms. The topological polar surface area (TPSA) is 106 Å². The summed E-state index contributed by atoms with van der Waals surface area (Å²) >= 11 is 1.56. The van der Waals surface area contributed by atoms with Gasteiger partial charge in [-0.1, -0.05) is 17.4 Å². The Labute approximate surface area is 179 Å². The molecule has 2 N–H and O–H groups in total. The SMILES string of the molecule is Cc1nc(NCc2nnc(C)s2)cc(OC[C@@H]2CC2c2ccc(C(C)(C)O)cn2)n1. The highest BCUT2D eigenvalue weighted by Crippen LogP contribution is 2.46. The largest absolute Gasteiger partial charge is 0.477 e. The monoisotopic (exact) mass is 426 g/mol. The van der Waals surface area contributed by atoms with Crippen LogP contribution in [-0.2, 0) is 12.1 Å². The molecular weight excluding hydrogens is 400 g/mol. The van der Waals surface area contributed by atoms with E-state index in [1.165, 1.54) is 0 Å². The first kappa shape index (κ1) is 20.6. The van der Waals surface area contributed by atoms with E-state index in [1.807, 2.05) is 32.0 Å². The lowest BCUT2D eigenvalue weighted by Crippen LogP contribution is -2.15. The van der Waals surface area contributed by atoms with Gasteiger partial charge < -0.3 is 15.2 Å². The number of nitrogens with zero attached hydrogens (tertiary/aromatic N) is 5. The third-order valence-electron chi connectivity index (χ3n) is 5.04. The number of aliphatic hydroxyl groups is 1. The predicted octanol–water partition coefficient (Wildman–Crippen LogP) is 3.36. The highest BCUT2D eigenvalue weighted by Gasteiger charge is 2.40. The average molecular weight is 427 g/mol. The van der Waals surface area contributed by atoms with Crippen LogP contribution >= 0.6 is 11.3 Å². The molecule has 4 rings (SSSR count). The van der Waals surface area contributed by atoms with Gasteiger partial charge in [-0.2, -0.15) is 4.98 Å². The van der Waals surface area contributed by atoms with E-state index in [4.69, 9.17) is 4.74 Å². The van der Waals surface area contributed by atoms with Gasteiger partial charge in [-0.05, 0) is 40.2 Å². The zero-order valence-electron chi connectivity index (χ0n) is 17.6. The van der Waals surface area contributed by atoms with E-state index in [0.29, 0.717) is 42.5 Å². The summed E-state index contributed by atoms with van der Waals surface area (Å²) < 4.78 is 5.95. The molecule has 0 bridgehead atoms. The van der Waals surface area contributed by atoms with Crippen LogP contribution in [0.15, 0.2) is 24.4 Å². The Hall–Kier alpha value is -2.65. The Morgan fingerprint density at radius 2 is 2.07 bits per heavy atom. The fourth-order valence-corrected chi connectivity index (χ4v) is 3.90. The summed E-state index contributed by atoms with van der Waals surface area (Å²) in [7, 11) is 0. The van der Waals surface area contributed by atoms with E-state index in [2.05, 4.69) is 30.5 Å². The Bertz CT molecular complexity index is 1020. The van der Waals surface area contributed by atoms with Crippen LogP contribution in [0.3, 0.4) is 0 Å². The lowest BCUT2D eigenvalue weighted by Gasteiger charge is -2.17. The third-order valence-corrected chi connectivity index (χ3v) is 5.88. The van der Waals surface area contributed by atoms with Gasteiger partial charge in [-0.3, -0.25) is 4.98 Å². The first-order valence-electron chi connectivity index (χ1n) is 9.98. The lowest BCUT2D eigenvalue weighted by molar-refractivity contribution is 0.0782. The molecule has 0 saturated heterocycles. The molecule has 3 heterocycles. The number of anilines is 1. The lowest BCUT2D eigenvalue weighted by atomic mass is 10.00. The summed E-state index contributed by atoms with van der Waals surface area (Å²) in [5.74, 6) is 2.74. The van der Waals surface area contributed by atoms with Crippen molar-refractivity contribution >= 4 is 17.2 Å². The van der Waals surface area contributed by atoms with Crippen molar-refractivity contribution < 1.29 is 9.84 Å². The first-order chi connectivity index (χ1) is 14.3. The number of pyridine rings is 1. The zero-order chi connectivity index (χ0) is 21.3. The number of hydrogen-bond acceptors (Lipinski definition) is 9. The summed E-state index contributed by atoms with van der Waals surface area (Å²) in [5, 5.41) is 23.3. The molecule has 9 heteroatoms. The van der Waals surface area contributed by atoms with Crippen molar-refractivity contribution in [1.29, 1.82) is 0 Å². The highest BCUT2D eigenvalue weighted by molar-refractivity contribution is 7.11. The number of aryl methyl sites for hydroxylation is 2. The maximum Gasteiger partial charge on any atom is 0.218 e. The van der Waals surface area contributed by atoms with Crippen LogP contribution in [0, 0.1) is 19.8 Å². The summed E-state index contributed by atoms with van der Waals surface area (Å²) in [6, 6.07) is 5.77. The van der Waals surface area contributed by atoms with Crippen molar-refractivity contribution in [2.45, 2.75) is 52.2 Å². The van der Waals surface area contributed by atoms with Crippen LogP contribution in [0.2, 0.25) is 0 Å². The third kappa shape index (κ3) is 5.09. The smallest absolute Gasteiger partial charge is 0.218 e. The van der Waals surface area contributed by atoms with Crippen molar-refractivity contribution in [2.24, 2.45) is 5.92 Å². The van der Waals surface area contributed by atoms with E-state index in [-0.39, 0.29) is 0 Å². The molecule has 3 aromatic rings. The molecule has 0 amide bonds. The summed E-state index contributed by atoms with van der Waals surface area (Å²) in [4.78, 5) is 13.3. The second-order valence-corrected chi connectivity index (χ2v) is 9.42. The quantitative estimate of drug-likeness (QED) is 0.565. The zero-order valence-corrected chi connectivity index (χ0v) is 18.4. The molecule has 1 aliphatic carbocycles.